The quantitative estimate of drug-likeness (QED) is 0.689. The summed E-state index contributed by atoms with van der Waals surface area (Å²) in [6.07, 6.45) is 2.52. The number of aliphatic hydroxyl groups is 1. The van der Waals surface area contributed by atoms with Crippen LogP contribution in [-0.2, 0) is 6.54 Å². The van der Waals surface area contributed by atoms with Crippen molar-refractivity contribution in [1.29, 1.82) is 0 Å². The van der Waals surface area contributed by atoms with Gasteiger partial charge in [-0.2, -0.15) is 5.10 Å². The second-order valence-corrected chi connectivity index (χ2v) is 4.34. The maximum Gasteiger partial charge on any atom is 0.287 e. The molecule has 0 spiro atoms. The van der Waals surface area contributed by atoms with Crippen molar-refractivity contribution in [2.24, 2.45) is 0 Å². The molecule has 0 aliphatic carbocycles. The van der Waals surface area contributed by atoms with Gasteiger partial charge in [-0.1, -0.05) is 11.6 Å². The fourth-order valence-corrected chi connectivity index (χ4v) is 2.02. The minimum absolute atomic E-state index is 0.125. The summed E-state index contributed by atoms with van der Waals surface area (Å²) >= 11 is 5.97. The average molecular weight is 259 g/mol. The van der Waals surface area contributed by atoms with Crippen LogP contribution < -0.4 is 16.2 Å². The van der Waals surface area contributed by atoms with Crippen molar-refractivity contribution in [1.82, 2.24) is 15.1 Å². The molecule has 2 rings (SSSR count). The highest BCUT2D eigenvalue weighted by atomic mass is 35.5. The molecule has 1 aliphatic rings. The van der Waals surface area contributed by atoms with Crippen LogP contribution in [0.5, 0.6) is 0 Å². The van der Waals surface area contributed by atoms with E-state index >= 15 is 0 Å². The first-order valence-electron chi connectivity index (χ1n) is 5.56. The number of rotatable bonds is 4. The standard InChI is InChI=1S/C10H15ClN4O2/c11-9-8(14-7-1-2-12-5-7)6-13-15(3-4-16)10(9)17/h6-7,12,14,16H,1-5H2. The van der Waals surface area contributed by atoms with Gasteiger partial charge in [0.1, 0.15) is 5.02 Å². The summed E-state index contributed by atoms with van der Waals surface area (Å²) < 4.78 is 1.15. The number of hydrogen-bond acceptors (Lipinski definition) is 5. The third kappa shape index (κ3) is 2.77. The Labute approximate surface area is 104 Å². The molecule has 0 radical (unpaired) electrons. The largest absolute Gasteiger partial charge is 0.394 e. The summed E-state index contributed by atoms with van der Waals surface area (Å²) in [5, 5.41) is 19.2. The smallest absolute Gasteiger partial charge is 0.287 e. The van der Waals surface area contributed by atoms with E-state index in [1.54, 1.807) is 0 Å². The van der Waals surface area contributed by atoms with Crippen LogP contribution in [0, 0.1) is 0 Å². The van der Waals surface area contributed by atoms with E-state index in [0.29, 0.717) is 5.69 Å². The van der Waals surface area contributed by atoms with Crippen LogP contribution in [0.25, 0.3) is 0 Å². The van der Waals surface area contributed by atoms with E-state index in [-0.39, 0.29) is 29.8 Å². The number of aromatic nitrogens is 2. The Morgan fingerprint density at radius 1 is 1.71 bits per heavy atom. The second kappa shape index (κ2) is 5.48. The van der Waals surface area contributed by atoms with Gasteiger partial charge in [-0.3, -0.25) is 4.79 Å². The molecule has 0 saturated carbocycles. The van der Waals surface area contributed by atoms with Crippen LogP contribution in [0.3, 0.4) is 0 Å². The molecule has 1 atom stereocenters. The van der Waals surface area contributed by atoms with E-state index in [1.807, 2.05) is 0 Å². The van der Waals surface area contributed by atoms with Gasteiger partial charge in [-0.15, -0.1) is 0 Å². The molecule has 7 heteroatoms. The average Bonchev–Trinajstić information content (AvgIpc) is 2.82. The SMILES string of the molecule is O=c1c(Cl)c(NC2CCNC2)cnn1CCO. The Bertz CT molecular complexity index is 442. The Morgan fingerprint density at radius 2 is 2.53 bits per heavy atom. The molecule has 1 saturated heterocycles. The van der Waals surface area contributed by atoms with Crippen molar-refractivity contribution >= 4 is 17.3 Å². The fraction of sp³-hybridized carbons (Fsp3) is 0.600. The van der Waals surface area contributed by atoms with Crippen molar-refractivity contribution in [3.8, 4) is 0 Å². The molecule has 1 aliphatic heterocycles. The molecular formula is C10H15ClN4O2. The molecule has 1 fully saturated rings. The highest BCUT2D eigenvalue weighted by molar-refractivity contribution is 6.32. The summed E-state index contributed by atoms with van der Waals surface area (Å²) in [5.74, 6) is 0. The zero-order valence-electron chi connectivity index (χ0n) is 9.32. The lowest BCUT2D eigenvalue weighted by Crippen LogP contribution is -2.28. The number of halogens is 1. The number of anilines is 1. The zero-order chi connectivity index (χ0) is 12.3. The first-order valence-corrected chi connectivity index (χ1v) is 5.94. The Kier molecular flexibility index (Phi) is 3.98. The van der Waals surface area contributed by atoms with Crippen LogP contribution in [0.4, 0.5) is 5.69 Å². The molecule has 94 valence electrons. The number of aliphatic hydroxyl groups excluding tert-OH is 1. The van der Waals surface area contributed by atoms with Crippen LogP contribution in [0.1, 0.15) is 6.42 Å². The Balaban J connectivity index is 2.18. The number of nitrogens with zero attached hydrogens (tertiary/aromatic N) is 2. The summed E-state index contributed by atoms with van der Waals surface area (Å²) in [4.78, 5) is 11.8. The van der Waals surface area contributed by atoms with E-state index in [9.17, 15) is 4.79 Å². The first-order chi connectivity index (χ1) is 8.22. The molecule has 17 heavy (non-hydrogen) atoms. The molecule has 6 nitrogen and oxygen atoms in total. The molecule has 0 amide bonds. The minimum atomic E-state index is -0.378. The fourth-order valence-electron chi connectivity index (χ4n) is 1.82. The maximum atomic E-state index is 11.8. The summed E-state index contributed by atoms with van der Waals surface area (Å²) in [5.41, 5.74) is 0.177. The van der Waals surface area contributed by atoms with E-state index in [1.165, 1.54) is 6.20 Å². The van der Waals surface area contributed by atoms with E-state index < -0.39 is 0 Å². The lowest BCUT2D eigenvalue weighted by Gasteiger charge is -2.14. The van der Waals surface area contributed by atoms with Crippen LogP contribution in [-0.4, -0.2) is 40.6 Å². The van der Waals surface area contributed by atoms with Gasteiger partial charge in [0.15, 0.2) is 0 Å². The van der Waals surface area contributed by atoms with Crippen LogP contribution in [0.15, 0.2) is 11.0 Å². The van der Waals surface area contributed by atoms with Crippen LogP contribution >= 0.6 is 11.6 Å². The predicted molar refractivity (Wildman–Crippen MR) is 65.5 cm³/mol. The van der Waals surface area contributed by atoms with Crippen molar-refractivity contribution in [3.05, 3.63) is 21.6 Å². The van der Waals surface area contributed by atoms with Gasteiger partial charge >= 0.3 is 0 Å². The maximum absolute atomic E-state index is 11.8. The van der Waals surface area contributed by atoms with Gasteiger partial charge in [0, 0.05) is 12.6 Å². The van der Waals surface area contributed by atoms with Gasteiger partial charge in [0.2, 0.25) is 0 Å². The van der Waals surface area contributed by atoms with Crippen molar-refractivity contribution in [2.45, 2.75) is 19.0 Å². The van der Waals surface area contributed by atoms with Gasteiger partial charge in [-0.25, -0.2) is 4.68 Å². The monoisotopic (exact) mass is 258 g/mol. The third-order valence-corrected chi connectivity index (χ3v) is 3.08. The van der Waals surface area contributed by atoms with Crippen molar-refractivity contribution in [3.63, 3.8) is 0 Å². The van der Waals surface area contributed by atoms with Crippen molar-refractivity contribution in [2.75, 3.05) is 25.0 Å². The molecule has 1 aromatic heterocycles. The van der Waals surface area contributed by atoms with Crippen molar-refractivity contribution < 1.29 is 5.11 Å². The highest BCUT2D eigenvalue weighted by Crippen LogP contribution is 2.17. The van der Waals surface area contributed by atoms with E-state index in [4.69, 9.17) is 16.7 Å². The topological polar surface area (TPSA) is 79.2 Å². The summed E-state index contributed by atoms with van der Waals surface area (Å²) in [6.45, 7) is 1.84. The normalized spacial score (nSPS) is 19.5. The first kappa shape index (κ1) is 12.3. The molecule has 1 unspecified atom stereocenters. The molecule has 3 N–H and O–H groups in total. The van der Waals surface area contributed by atoms with Gasteiger partial charge in [0.25, 0.3) is 5.56 Å². The second-order valence-electron chi connectivity index (χ2n) is 3.96. The van der Waals surface area contributed by atoms with Crippen LogP contribution in [0.2, 0.25) is 5.02 Å². The summed E-state index contributed by atoms with van der Waals surface area (Å²) in [6, 6.07) is 0.280. The van der Waals surface area contributed by atoms with Gasteiger partial charge in [-0.05, 0) is 13.0 Å². The third-order valence-electron chi connectivity index (χ3n) is 2.72. The lowest BCUT2D eigenvalue weighted by atomic mass is 10.2. The van der Waals surface area contributed by atoms with Gasteiger partial charge < -0.3 is 15.7 Å². The minimum Gasteiger partial charge on any atom is -0.394 e. The number of hydrogen-bond donors (Lipinski definition) is 3. The van der Waals surface area contributed by atoms with E-state index in [0.717, 1.165) is 24.2 Å². The highest BCUT2D eigenvalue weighted by Gasteiger charge is 2.17. The van der Waals surface area contributed by atoms with Gasteiger partial charge in [0.05, 0.1) is 25.0 Å². The molecule has 0 bridgehead atoms. The molecule has 0 aromatic carbocycles. The number of nitrogens with one attached hydrogen (secondary N) is 2. The zero-order valence-corrected chi connectivity index (χ0v) is 10.1. The molecule has 2 heterocycles. The molecule has 1 aromatic rings. The Morgan fingerprint density at radius 3 is 3.18 bits per heavy atom. The molecular weight excluding hydrogens is 244 g/mol. The van der Waals surface area contributed by atoms with E-state index in [2.05, 4.69) is 15.7 Å². The Hall–Kier alpha value is -1.11. The predicted octanol–water partition coefficient (Wildman–Crippen LogP) is -0.337. The summed E-state index contributed by atoms with van der Waals surface area (Å²) in [7, 11) is 0. The lowest BCUT2D eigenvalue weighted by molar-refractivity contribution is 0.266.